The third-order valence-electron chi connectivity index (χ3n) is 6.16. The molecule has 2 saturated heterocycles. The van der Waals surface area contributed by atoms with Crippen LogP contribution in [0.2, 0.25) is 0 Å². The summed E-state index contributed by atoms with van der Waals surface area (Å²) in [6.07, 6.45) is 1.68. The maximum Gasteiger partial charge on any atom is 0.250 e. The van der Waals surface area contributed by atoms with Crippen LogP contribution in [0.1, 0.15) is 39.2 Å². The molecule has 1 aromatic rings. The molecular formula is C20H24BrN3O3. The quantitative estimate of drug-likeness (QED) is 0.715. The number of halogens is 1. The van der Waals surface area contributed by atoms with Gasteiger partial charge in [-0.15, -0.1) is 0 Å². The van der Waals surface area contributed by atoms with E-state index in [4.69, 9.17) is 0 Å². The van der Waals surface area contributed by atoms with Crippen molar-refractivity contribution in [1.29, 1.82) is 0 Å². The molecule has 0 saturated carbocycles. The molecule has 27 heavy (non-hydrogen) atoms. The Labute approximate surface area is 167 Å². The van der Waals surface area contributed by atoms with E-state index in [1.54, 1.807) is 0 Å². The first-order chi connectivity index (χ1) is 12.8. The Balaban J connectivity index is 1.86. The number of hydrogen-bond donors (Lipinski definition) is 2. The molecule has 4 rings (SSSR count). The molecule has 3 aliphatic rings. The number of benzene rings is 1. The number of nitrogens with one attached hydrogen (secondary N) is 2. The molecule has 6 nitrogen and oxygen atoms in total. The number of fused-ring (bicyclic) bond motifs is 4. The molecular weight excluding hydrogens is 410 g/mol. The number of nitrogens with zero attached hydrogens (tertiary/aromatic N) is 1. The Morgan fingerprint density at radius 1 is 1.22 bits per heavy atom. The van der Waals surface area contributed by atoms with Gasteiger partial charge in [0, 0.05) is 28.3 Å². The second kappa shape index (κ2) is 6.41. The second-order valence-corrected chi connectivity index (χ2v) is 8.97. The number of rotatable bonds is 4. The van der Waals surface area contributed by atoms with E-state index in [1.165, 1.54) is 4.90 Å². The second-order valence-electron chi connectivity index (χ2n) is 8.05. The molecule has 3 heterocycles. The van der Waals surface area contributed by atoms with Gasteiger partial charge in [-0.25, -0.2) is 0 Å². The van der Waals surface area contributed by atoms with Crippen molar-refractivity contribution < 1.29 is 14.4 Å². The number of unbranched alkanes of at least 4 members (excludes halogenated alkanes) is 1. The van der Waals surface area contributed by atoms with E-state index in [2.05, 4.69) is 26.6 Å². The zero-order chi connectivity index (χ0) is 19.5. The molecule has 3 amide bonds. The average molecular weight is 434 g/mol. The first kappa shape index (κ1) is 18.6. The van der Waals surface area contributed by atoms with Crippen LogP contribution in [-0.2, 0) is 19.9 Å². The predicted octanol–water partition coefficient (Wildman–Crippen LogP) is 2.63. The summed E-state index contributed by atoms with van der Waals surface area (Å²) < 4.78 is 0.836. The van der Waals surface area contributed by atoms with E-state index in [0.717, 1.165) is 22.9 Å². The first-order valence-corrected chi connectivity index (χ1v) is 10.4. The minimum atomic E-state index is -1.19. The normalized spacial score (nSPS) is 31.8. The zero-order valence-corrected chi connectivity index (χ0v) is 17.3. The molecule has 0 bridgehead atoms. The molecule has 7 heteroatoms. The molecule has 1 spiro atoms. The van der Waals surface area contributed by atoms with E-state index < -0.39 is 17.4 Å². The smallest absolute Gasteiger partial charge is 0.250 e. The molecule has 4 unspecified atom stereocenters. The van der Waals surface area contributed by atoms with Gasteiger partial charge in [0.2, 0.25) is 17.7 Å². The Bertz CT molecular complexity index is 840. The summed E-state index contributed by atoms with van der Waals surface area (Å²) in [6, 6.07) is 5.35. The minimum absolute atomic E-state index is 0.115. The van der Waals surface area contributed by atoms with Crippen LogP contribution in [0.4, 0.5) is 5.69 Å². The van der Waals surface area contributed by atoms with Gasteiger partial charge in [-0.05, 0) is 30.5 Å². The number of likely N-dealkylation sites (tertiary alicyclic amines) is 1. The van der Waals surface area contributed by atoms with Crippen molar-refractivity contribution in [3.05, 3.63) is 28.2 Å². The number of imide groups is 1. The van der Waals surface area contributed by atoms with Gasteiger partial charge in [0.1, 0.15) is 5.54 Å². The molecule has 4 atom stereocenters. The van der Waals surface area contributed by atoms with Gasteiger partial charge in [0.15, 0.2) is 0 Å². The number of carbonyl (C=O) groups is 3. The molecule has 0 aromatic heterocycles. The summed E-state index contributed by atoms with van der Waals surface area (Å²) in [5.74, 6) is -1.71. The maximum atomic E-state index is 13.3. The summed E-state index contributed by atoms with van der Waals surface area (Å²) in [7, 11) is 0. The number of hydrogen-bond acceptors (Lipinski definition) is 4. The molecule has 0 aliphatic carbocycles. The topological polar surface area (TPSA) is 78.5 Å². The standard InChI is InChI=1S/C20H24BrN3O3/c1-4-5-8-24-17(25)14-15(18(24)26)20(23-16(14)10(2)3)12-9-11(21)6-7-13(12)22-19(20)27/h6-7,9-10,14-16,23H,4-5,8H2,1-3H3,(H,22,27). The molecule has 2 fully saturated rings. The minimum Gasteiger partial charge on any atom is -0.324 e. The zero-order valence-electron chi connectivity index (χ0n) is 15.7. The lowest BCUT2D eigenvalue weighted by atomic mass is 9.76. The van der Waals surface area contributed by atoms with Crippen LogP contribution >= 0.6 is 15.9 Å². The molecule has 0 radical (unpaired) electrons. The number of amides is 3. The van der Waals surface area contributed by atoms with Crippen LogP contribution in [-0.4, -0.2) is 35.2 Å². The van der Waals surface area contributed by atoms with E-state index in [-0.39, 0.29) is 29.7 Å². The highest BCUT2D eigenvalue weighted by Crippen LogP contribution is 2.54. The van der Waals surface area contributed by atoms with Crippen LogP contribution in [0.15, 0.2) is 22.7 Å². The van der Waals surface area contributed by atoms with Crippen molar-refractivity contribution in [3.63, 3.8) is 0 Å². The van der Waals surface area contributed by atoms with E-state index in [1.807, 2.05) is 39.0 Å². The average Bonchev–Trinajstić information content (AvgIpc) is 3.20. The molecule has 1 aromatic carbocycles. The summed E-state index contributed by atoms with van der Waals surface area (Å²) in [6.45, 7) is 6.50. The van der Waals surface area contributed by atoms with Crippen molar-refractivity contribution in [3.8, 4) is 0 Å². The van der Waals surface area contributed by atoms with Gasteiger partial charge in [0.25, 0.3) is 0 Å². The largest absolute Gasteiger partial charge is 0.324 e. The van der Waals surface area contributed by atoms with Gasteiger partial charge >= 0.3 is 0 Å². The van der Waals surface area contributed by atoms with Gasteiger partial charge in [0.05, 0.1) is 11.8 Å². The molecule has 144 valence electrons. The van der Waals surface area contributed by atoms with Gasteiger partial charge in [-0.2, -0.15) is 0 Å². The maximum absolute atomic E-state index is 13.3. The summed E-state index contributed by atoms with van der Waals surface area (Å²) >= 11 is 3.48. The first-order valence-electron chi connectivity index (χ1n) is 9.57. The van der Waals surface area contributed by atoms with Gasteiger partial charge in [-0.1, -0.05) is 43.1 Å². The van der Waals surface area contributed by atoms with Crippen LogP contribution in [0.3, 0.4) is 0 Å². The summed E-state index contributed by atoms with van der Waals surface area (Å²) in [5.41, 5.74) is 0.261. The van der Waals surface area contributed by atoms with E-state index >= 15 is 0 Å². The fourth-order valence-corrected chi connectivity index (χ4v) is 5.24. The summed E-state index contributed by atoms with van der Waals surface area (Å²) in [4.78, 5) is 41.1. The Kier molecular flexibility index (Phi) is 4.42. The SMILES string of the molecule is CCCCN1C(=O)C2C(C(C)C)NC3(C(=O)Nc4ccc(Br)cc43)C2C1=O. The Morgan fingerprint density at radius 3 is 2.63 bits per heavy atom. The van der Waals surface area contributed by atoms with Crippen molar-refractivity contribution in [2.45, 2.75) is 45.2 Å². The third kappa shape index (κ3) is 2.44. The highest BCUT2D eigenvalue weighted by Gasteiger charge is 2.70. The highest BCUT2D eigenvalue weighted by atomic mass is 79.9. The highest BCUT2D eigenvalue weighted by molar-refractivity contribution is 9.10. The lowest BCUT2D eigenvalue weighted by Gasteiger charge is -2.30. The predicted molar refractivity (Wildman–Crippen MR) is 105 cm³/mol. The van der Waals surface area contributed by atoms with Crippen molar-refractivity contribution in [2.24, 2.45) is 17.8 Å². The monoisotopic (exact) mass is 433 g/mol. The fraction of sp³-hybridized carbons (Fsp3) is 0.550. The van der Waals surface area contributed by atoms with Crippen molar-refractivity contribution in [1.82, 2.24) is 10.2 Å². The lowest BCUT2D eigenvalue weighted by molar-refractivity contribution is -0.143. The van der Waals surface area contributed by atoms with E-state index in [9.17, 15) is 14.4 Å². The van der Waals surface area contributed by atoms with Crippen LogP contribution in [0, 0.1) is 17.8 Å². The number of anilines is 1. The molecule has 2 N–H and O–H groups in total. The Morgan fingerprint density at radius 2 is 1.96 bits per heavy atom. The third-order valence-corrected chi connectivity index (χ3v) is 6.65. The lowest BCUT2D eigenvalue weighted by Crippen LogP contribution is -2.54. The summed E-state index contributed by atoms with van der Waals surface area (Å²) in [5, 5.41) is 6.36. The molecule has 3 aliphatic heterocycles. The van der Waals surface area contributed by atoms with Crippen molar-refractivity contribution >= 4 is 39.3 Å². The fourth-order valence-electron chi connectivity index (χ4n) is 4.88. The van der Waals surface area contributed by atoms with E-state index in [0.29, 0.717) is 12.2 Å². The number of carbonyl (C=O) groups excluding carboxylic acids is 3. The van der Waals surface area contributed by atoms with Crippen molar-refractivity contribution in [2.75, 3.05) is 11.9 Å². The van der Waals surface area contributed by atoms with Gasteiger partial charge < -0.3 is 5.32 Å². The van der Waals surface area contributed by atoms with Gasteiger partial charge in [-0.3, -0.25) is 24.6 Å². The van der Waals surface area contributed by atoms with Crippen LogP contribution in [0.25, 0.3) is 0 Å². The Hall–Kier alpha value is -1.73. The van der Waals surface area contributed by atoms with Crippen LogP contribution in [0.5, 0.6) is 0 Å². The van der Waals surface area contributed by atoms with Crippen LogP contribution < -0.4 is 10.6 Å².